The summed E-state index contributed by atoms with van der Waals surface area (Å²) in [6.07, 6.45) is 9.68. The molecule has 1 aromatic carbocycles. The van der Waals surface area contributed by atoms with Gasteiger partial charge in [-0.15, -0.1) is 0 Å². The first kappa shape index (κ1) is 20.0. The number of hydrogen-bond donors (Lipinski definition) is 1. The number of ketones is 1. The average molecular weight is 482 g/mol. The van der Waals surface area contributed by atoms with E-state index in [-0.39, 0.29) is 10.6 Å². The van der Waals surface area contributed by atoms with Crippen LogP contribution in [0, 0.1) is 5.92 Å². The fourth-order valence-electron chi connectivity index (χ4n) is 4.19. The first-order valence-electron chi connectivity index (χ1n) is 9.53. The van der Waals surface area contributed by atoms with Gasteiger partial charge in [-0.2, -0.15) is 0 Å². The van der Waals surface area contributed by atoms with Crippen molar-refractivity contribution in [2.45, 2.75) is 62.8 Å². The van der Waals surface area contributed by atoms with E-state index < -0.39 is 5.60 Å². The van der Waals surface area contributed by atoms with E-state index in [1.54, 1.807) is 0 Å². The molecule has 2 nitrogen and oxygen atoms in total. The van der Waals surface area contributed by atoms with E-state index in [0.29, 0.717) is 24.3 Å². The number of benzene rings is 1. The highest BCUT2D eigenvalue weighted by atomic mass is 79.9. The van der Waals surface area contributed by atoms with Crippen molar-refractivity contribution >= 4 is 43.2 Å². The fourth-order valence-corrected chi connectivity index (χ4v) is 5.03. The van der Waals surface area contributed by atoms with Gasteiger partial charge in [0.2, 0.25) is 0 Å². The zero-order chi connectivity index (χ0) is 18.9. The third-order valence-electron chi connectivity index (χ3n) is 5.71. The van der Waals surface area contributed by atoms with E-state index in [4.69, 9.17) is 0 Å². The summed E-state index contributed by atoms with van der Waals surface area (Å²) in [4.78, 5) is 13.6. The van der Waals surface area contributed by atoms with E-state index in [2.05, 4.69) is 57.9 Å². The van der Waals surface area contributed by atoms with Crippen molar-refractivity contribution in [2.75, 3.05) is 0 Å². The normalized spacial score (nSPS) is 25.9. The number of fused-ring (bicyclic) bond motifs is 2. The standard InChI is InChI=1S/C22H26Br2O2/c1-3-5-6-14(4-2)13-22(26)20-12-16(24)8-10-18(20)17-9-7-15(23)11-19(17)21(22)25/h7-11,14,16,26H,3-6,12-13H2,1-2H3. The van der Waals surface area contributed by atoms with Crippen LogP contribution in [0.1, 0.15) is 68.3 Å². The van der Waals surface area contributed by atoms with Gasteiger partial charge in [0, 0.05) is 14.9 Å². The number of rotatable bonds is 6. The van der Waals surface area contributed by atoms with Gasteiger partial charge < -0.3 is 5.11 Å². The highest BCUT2D eigenvalue weighted by Crippen LogP contribution is 2.47. The largest absolute Gasteiger partial charge is 0.377 e. The molecule has 0 fully saturated rings. The zero-order valence-electron chi connectivity index (χ0n) is 15.4. The monoisotopic (exact) mass is 480 g/mol. The Balaban J connectivity index is 2.08. The molecule has 0 spiro atoms. The van der Waals surface area contributed by atoms with Crippen LogP contribution in [0.25, 0.3) is 5.57 Å². The number of carbonyl (C=O) groups is 1. The van der Waals surface area contributed by atoms with E-state index >= 15 is 0 Å². The number of unbranched alkanes of at least 4 members (excludes halogenated alkanes) is 1. The predicted octanol–water partition coefficient (Wildman–Crippen LogP) is 6.46. The Morgan fingerprint density at radius 2 is 2.08 bits per heavy atom. The number of aliphatic hydroxyl groups is 1. The van der Waals surface area contributed by atoms with E-state index in [9.17, 15) is 9.90 Å². The second-order valence-electron chi connectivity index (χ2n) is 7.47. The Hall–Kier alpha value is -0.710. The maximum atomic E-state index is 13.4. The van der Waals surface area contributed by atoms with Gasteiger partial charge in [0.15, 0.2) is 5.78 Å². The fraction of sp³-hybridized carbons (Fsp3) is 0.500. The Labute approximate surface area is 173 Å². The van der Waals surface area contributed by atoms with Crippen molar-refractivity contribution in [3.8, 4) is 0 Å². The maximum Gasteiger partial charge on any atom is 0.199 e. The minimum Gasteiger partial charge on any atom is -0.377 e. The van der Waals surface area contributed by atoms with Crippen molar-refractivity contribution in [3.05, 3.63) is 51.5 Å². The molecule has 0 saturated carbocycles. The molecule has 2 aliphatic rings. The van der Waals surface area contributed by atoms with E-state index in [1.807, 2.05) is 18.2 Å². The van der Waals surface area contributed by atoms with Crippen LogP contribution in [0.15, 0.2) is 40.4 Å². The molecule has 3 atom stereocenters. The molecule has 140 valence electrons. The van der Waals surface area contributed by atoms with Crippen LogP contribution >= 0.6 is 31.9 Å². The lowest BCUT2D eigenvalue weighted by Crippen LogP contribution is -2.46. The molecule has 2 aliphatic carbocycles. The summed E-state index contributed by atoms with van der Waals surface area (Å²) < 4.78 is 0.868. The molecule has 1 N–H and O–H groups in total. The number of Topliss-reactive ketones (excluding diaryl/α,β-unsaturated/α-hetero) is 1. The third kappa shape index (κ3) is 3.65. The molecule has 0 heterocycles. The zero-order valence-corrected chi connectivity index (χ0v) is 18.6. The van der Waals surface area contributed by atoms with Crippen LogP contribution in [-0.2, 0) is 0 Å². The molecular formula is C22H26Br2O2. The molecule has 0 bridgehead atoms. The number of alkyl halides is 1. The molecule has 0 aliphatic heterocycles. The molecule has 26 heavy (non-hydrogen) atoms. The van der Waals surface area contributed by atoms with Crippen LogP contribution in [0.3, 0.4) is 0 Å². The van der Waals surface area contributed by atoms with Gasteiger partial charge in [0.25, 0.3) is 0 Å². The van der Waals surface area contributed by atoms with Crippen molar-refractivity contribution < 1.29 is 9.90 Å². The van der Waals surface area contributed by atoms with E-state index in [1.165, 1.54) is 0 Å². The Morgan fingerprint density at radius 1 is 1.31 bits per heavy atom. The van der Waals surface area contributed by atoms with Gasteiger partial charge in [-0.25, -0.2) is 0 Å². The molecule has 4 heteroatoms. The Morgan fingerprint density at radius 3 is 2.77 bits per heavy atom. The second kappa shape index (κ2) is 8.12. The van der Waals surface area contributed by atoms with Crippen LogP contribution in [0.5, 0.6) is 0 Å². The predicted molar refractivity (Wildman–Crippen MR) is 115 cm³/mol. The minimum absolute atomic E-state index is 0.141. The van der Waals surface area contributed by atoms with Crippen molar-refractivity contribution in [1.29, 1.82) is 0 Å². The lowest BCUT2D eigenvalue weighted by atomic mass is 9.67. The highest BCUT2D eigenvalue weighted by molar-refractivity contribution is 9.10. The smallest absolute Gasteiger partial charge is 0.199 e. The molecule has 0 radical (unpaired) electrons. The summed E-state index contributed by atoms with van der Waals surface area (Å²) in [5.74, 6) is 0.212. The quantitative estimate of drug-likeness (QED) is 0.473. The molecule has 0 amide bonds. The van der Waals surface area contributed by atoms with Crippen molar-refractivity contribution in [1.82, 2.24) is 0 Å². The lowest BCUT2D eigenvalue weighted by molar-refractivity contribution is 0.0340. The van der Waals surface area contributed by atoms with Crippen LogP contribution < -0.4 is 0 Å². The van der Waals surface area contributed by atoms with E-state index in [0.717, 1.165) is 46.9 Å². The maximum absolute atomic E-state index is 13.4. The molecule has 0 saturated heterocycles. The van der Waals surface area contributed by atoms with Crippen LogP contribution in [-0.4, -0.2) is 21.3 Å². The van der Waals surface area contributed by atoms with Gasteiger partial charge in [-0.3, -0.25) is 4.79 Å². The number of allylic oxidation sites excluding steroid dienone is 3. The summed E-state index contributed by atoms with van der Waals surface area (Å²) in [5, 5.41) is 11.7. The first-order valence-corrected chi connectivity index (χ1v) is 11.2. The average Bonchev–Trinajstić information content (AvgIpc) is 2.63. The van der Waals surface area contributed by atoms with Crippen LogP contribution in [0.2, 0.25) is 0 Å². The molecule has 0 aromatic heterocycles. The van der Waals surface area contributed by atoms with Gasteiger partial charge >= 0.3 is 0 Å². The SMILES string of the molecule is CCCCC(CC)CC1(O)C(=O)c2cc(Br)ccc2C2=C1CC(Br)C=C2. The van der Waals surface area contributed by atoms with Gasteiger partial charge in [0.05, 0.1) is 0 Å². The Kier molecular flexibility index (Phi) is 6.25. The third-order valence-corrected chi connectivity index (χ3v) is 6.84. The van der Waals surface area contributed by atoms with Crippen molar-refractivity contribution in [3.63, 3.8) is 0 Å². The second-order valence-corrected chi connectivity index (χ2v) is 9.56. The first-order chi connectivity index (χ1) is 12.4. The van der Waals surface area contributed by atoms with Crippen LogP contribution in [0.4, 0.5) is 0 Å². The molecule has 1 aromatic rings. The summed E-state index contributed by atoms with van der Waals surface area (Å²) in [5.41, 5.74) is 2.08. The summed E-state index contributed by atoms with van der Waals surface area (Å²) >= 11 is 7.12. The number of halogens is 2. The highest BCUT2D eigenvalue weighted by Gasteiger charge is 2.47. The number of carbonyl (C=O) groups excluding carboxylic acids is 1. The lowest BCUT2D eigenvalue weighted by Gasteiger charge is -2.40. The Bertz CT molecular complexity index is 765. The molecular weight excluding hydrogens is 456 g/mol. The molecule has 3 rings (SSSR count). The number of hydrogen-bond acceptors (Lipinski definition) is 2. The summed E-state index contributed by atoms with van der Waals surface area (Å²) in [6, 6.07) is 5.80. The van der Waals surface area contributed by atoms with Gasteiger partial charge in [0.1, 0.15) is 5.60 Å². The van der Waals surface area contributed by atoms with Crippen molar-refractivity contribution in [2.24, 2.45) is 5.92 Å². The molecule has 3 unspecified atom stereocenters. The summed E-state index contributed by atoms with van der Waals surface area (Å²) in [6.45, 7) is 4.34. The van der Waals surface area contributed by atoms with Gasteiger partial charge in [-0.1, -0.05) is 89.6 Å². The minimum atomic E-state index is -1.39. The summed E-state index contributed by atoms with van der Waals surface area (Å²) in [7, 11) is 0. The van der Waals surface area contributed by atoms with Gasteiger partial charge in [-0.05, 0) is 47.6 Å². The topological polar surface area (TPSA) is 37.3 Å².